The first kappa shape index (κ1) is 27.1. The number of anilines is 1. The number of rotatable bonds is 9. The lowest BCUT2D eigenvalue weighted by molar-refractivity contribution is -0.254. The molecule has 0 saturated carbocycles. The topological polar surface area (TPSA) is 168 Å². The number of carbonyl (C=O) groups excluding carboxylic acids is 2. The van der Waals surface area contributed by atoms with Crippen molar-refractivity contribution in [1.29, 1.82) is 0 Å². The number of alkyl halides is 1. The molecule has 0 aromatic carbocycles. The maximum atomic E-state index is 14.7. The van der Waals surface area contributed by atoms with E-state index < -0.39 is 44.6 Å². The van der Waals surface area contributed by atoms with Crippen LogP contribution >= 0.6 is 15.9 Å². The Hall–Kier alpha value is -3.11. The van der Waals surface area contributed by atoms with Crippen LogP contribution in [0.1, 0.15) is 19.5 Å². The largest absolute Gasteiger partial charge is 0.481 e. The second-order valence-corrected chi connectivity index (χ2v) is 8.86. The lowest BCUT2D eigenvalue weighted by atomic mass is 10.1. The SMILES string of the molecule is COc1cc(OC)nc(NC(=O)NS(=O)(=O)c2c(Br)ccnc2C(OC)(OC(C)=O)C(C)F)n1. The molecule has 0 spiro atoms. The first-order chi connectivity index (χ1) is 15.9. The summed E-state index contributed by atoms with van der Waals surface area (Å²) in [5.74, 6) is -3.76. The second kappa shape index (κ2) is 10.9. The highest BCUT2D eigenvalue weighted by molar-refractivity contribution is 9.10. The van der Waals surface area contributed by atoms with Crippen LogP contribution < -0.4 is 19.5 Å². The summed E-state index contributed by atoms with van der Waals surface area (Å²) in [6.07, 6.45) is -0.933. The molecule has 0 bridgehead atoms. The number of hydrogen-bond donors (Lipinski definition) is 2. The van der Waals surface area contributed by atoms with Crippen molar-refractivity contribution < 1.29 is 41.3 Å². The number of pyridine rings is 1. The number of aromatic nitrogens is 3. The minimum Gasteiger partial charge on any atom is -0.481 e. The standard InChI is InChI=1S/C18H21BrFN5O8S/c1-9(20)18(32-5,33-10(2)26)15-14(11(19)6-7-21-15)34(28,29)25-17(27)24-16-22-12(30-3)8-13(23-16)31-4/h6-9H,1-5H3,(H2,22,23,24,25,27). The molecule has 2 N–H and O–H groups in total. The lowest BCUT2D eigenvalue weighted by Gasteiger charge is -2.33. The van der Waals surface area contributed by atoms with Gasteiger partial charge in [-0.3, -0.25) is 15.1 Å². The number of esters is 1. The van der Waals surface area contributed by atoms with Gasteiger partial charge in [-0.15, -0.1) is 0 Å². The molecular weight excluding hydrogens is 545 g/mol. The van der Waals surface area contributed by atoms with Gasteiger partial charge in [-0.25, -0.2) is 22.3 Å². The van der Waals surface area contributed by atoms with E-state index in [-0.39, 0.29) is 22.2 Å². The molecule has 2 aromatic heterocycles. The van der Waals surface area contributed by atoms with Crippen LogP contribution in [-0.4, -0.2) is 62.9 Å². The van der Waals surface area contributed by atoms with E-state index in [2.05, 4.69) is 36.2 Å². The van der Waals surface area contributed by atoms with Crippen molar-refractivity contribution in [2.45, 2.75) is 30.7 Å². The molecule has 2 heterocycles. The van der Waals surface area contributed by atoms with E-state index in [0.29, 0.717) is 0 Å². The van der Waals surface area contributed by atoms with Crippen molar-refractivity contribution in [3.63, 3.8) is 0 Å². The van der Waals surface area contributed by atoms with E-state index in [1.54, 1.807) is 4.72 Å². The second-order valence-electron chi connectivity index (χ2n) is 6.39. The van der Waals surface area contributed by atoms with Crippen LogP contribution in [0.4, 0.5) is 15.1 Å². The molecule has 2 atom stereocenters. The molecule has 0 aliphatic rings. The van der Waals surface area contributed by atoms with Crippen molar-refractivity contribution in [2.24, 2.45) is 0 Å². The van der Waals surface area contributed by atoms with Gasteiger partial charge in [0, 0.05) is 24.7 Å². The smallest absolute Gasteiger partial charge is 0.335 e. The summed E-state index contributed by atoms with van der Waals surface area (Å²) in [5.41, 5.74) is -0.617. The fourth-order valence-corrected chi connectivity index (χ4v) is 4.85. The summed E-state index contributed by atoms with van der Waals surface area (Å²) >= 11 is 3.05. The van der Waals surface area contributed by atoms with Crippen molar-refractivity contribution >= 4 is 43.9 Å². The van der Waals surface area contributed by atoms with Crippen LogP contribution in [0.2, 0.25) is 0 Å². The van der Waals surface area contributed by atoms with Crippen LogP contribution in [0, 0.1) is 0 Å². The van der Waals surface area contributed by atoms with Gasteiger partial charge in [-0.1, -0.05) is 0 Å². The van der Waals surface area contributed by atoms with Gasteiger partial charge in [-0.05, 0) is 28.9 Å². The molecule has 2 aromatic rings. The van der Waals surface area contributed by atoms with Gasteiger partial charge in [0.25, 0.3) is 15.8 Å². The van der Waals surface area contributed by atoms with Crippen LogP contribution in [-0.2, 0) is 30.1 Å². The Morgan fingerprint density at radius 2 is 1.76 bits per heavy atom. The summed E-state index contributed by atoms with van der Waals surface area (Å²) in [5, 5.41) is 2.13. The predicted molar refractivity (Wildman–Crippen MR) is 117 cm³/mol. The Labute approximate surface area is 202 Å². The number of methoxy groups -OCH3 is 3. The number of ether oxygens (including phenoxy) is 4. The van der Waals surface area contributed by atoms with Gasteiger partial charge in [0.2, 0.25) is 17.7 Å². The molecule has 13 nitrogen and oxygen atoms in total. The van der Waals surface area contributed by atoms with Crippen LogP contribution in [0.3, 0.4) is 0 Å². The Morgan fingerprint density at radius 3 is 2.24 bits per heavy atom. The van der Waals surface area contributed by atoms with Gasteiger partial charge in [-0.2, -0.15) is 9.97 Å². The van der Waals surface area contributed by atoms with Gasteiger partial charge in [0.15, 0.2) is 6.17 Å². The number of amides is 2. The summed E-state index contributed by atoms with van der Waals surface area (Å²) in [7, 11) is -1.13. The number of nitrogens with zero attached hydrogens (tertiary/aromatic N) is 3. The zero-order chi connectivity index (χ0) is 25.7. The van der Waals surface area contributed by atoms with Gasteiger partial charge >= 0.3 is 12.0 Å². The fourth-order valence-electron chi connectivity index (χ4n) is 2.73. The molecule has 2 unspecified atom stereocenters. The Kier molecular flexibility index (Phi) is 8.68. The normalized spacial score (nSPS) is 13.9. The maximum absolute atomic E-state index is 14.7. The van der Waals surface area contributed by atoms with E-state index in [1.807, 2.05) is 0 Å². The molecule has 0 saturated heterocycles. The highest BCUT2D eigenvalue weighted by atomic mass is 79.9. The molecular formula is C18H21BrFN5O8S. The summed E-state index contributed by atoms with van der Waals surface area (Å²) < 4.78 is 62.6. The van der Waals surface area contributed by atoms with Crippen LogP contribution in [0.15, 0.2) is 27.7 Å². The molecule has 0 fully saturated rings. The molecule has 186 valence electrons. The number of hydrogen-bond acceptors (Lipinski definition) is 11. The Balaban J connectivity index is 2.50. The predicted octanol–water partition coefficient (Wildman–Crippen LogP) is 1.88. The maximum Gasteiger partial charge on any atom is 0.335 e. The number of nitrogens with one attached hydrogen (secondary N) is 2. The van der Waals surface area contributed by atoms with E-state index >= 15 is 0 Å². The zero-order valence-electron chi connectivity index (χ0n) is 18.6. The first-order valence-corrected chi connectivity index (χ1v) is 11.5. The molecule has 34 heavy (non-hydrogen) atoms. The number of carbonyl (C=O) groups is 2. The van der Waals surface area contributed by atoms with Crippen molar-refractivity contribution in [3.8, 4) is 11.8 Å². The fraction of sp³-hybridized carbons (Fsp3) is 0.389. The monoisotopic (exact) mass is 565 g/mol. The minimum atomic E-state index is -4.76. The zero-order valence-corrected chi connectivity index (χ0v) is 21.0. The summed E-state index contributed by atoms with van der Waals surface area (Å²) in [4.78, 5) is 35.0. The number of sulfonamides is 1. The van der Waals surface area contributed by atoms with Crippen molar-refractivity contribution in [2.75, 3.05) is 26.6 Å². The molecule has 2 amide bonds. The third kappa shape index (κ3) is 5.87. The molecule has 0 aliphatic carbocycles. The first-order valence-electron chi connectivity index (χ1n) is 9.24. The minimum absolute atomic E-state index is 0.0329. The highest BCUT2D eigenvalue weighted by Gasteiger charge is 2.48. The lowest BCUT2D eigenvalue weighted by Crippen LogP contribution is -2.45. The van der Waals surface area contributed by atoms with E-state index in [9.17, 15) is 22.4 Å². The Morgan fingerprint density at radius 1 is 1.18 bits per heavy atom. The molecule has 2 rings (SSSR count). The average molecular weight is 566 g/mol. The van der Waals surface area contributed by atoms with Gasteiger partial charge in [0.05, 0.1) is 20.3 Å². The molecule has 0 radical (unpaired) electrons. The van der Waals surface area contributed by atoms with Crippen molar-refractivity contribution in [3.05, 3.63) is 28.5 Å². The van der Waals surface area contributed by atoms with Crippen molar-refractivity contribution in [1.82, 2.24) is 19.7 Å². The quantitative estimate of drug-likeness (QED) is 0.336. The number of halogens is 2. The third-order valence-electron chi connectivity index (χ3n) is 4.13. The number of urea groups is 1. The van der Waals surface area contributed by atoms with E-state index in [0.717, 1.165) is 27.2 Å². The summed E-state index contributed by atoms with van der Waals surface area (Å²) in [6, 6.07) is 1.28. The van der Waals surface area contributed by atoms with Crippen LogP contribution in [0.25, 0.3) is 0 Å². The summed E-state index contributed by atoms with van der Waals surface area (Å²) in [6.45, 7) is 1.97. The molecule has 0 aliphatic heterocycles. The van der Waals surface area contributed by atoms with Gasteiger partial charge in [0.1, 0.15) is 10.6 Å². The van der Waals surface area contributed by atoms with E-state index in [4.69, 9.17) is 18.9 Å². The highest BCUT2D eigenvalue weighted by Crippen LogP contribution is 2.38. The van der Waals surface area contributed by atoms with Crippen LogP contribution in [0.5, 0.6) is 11.8 Å². The molecule has 16 heteroatoms. The Bertz CT molecular complexity index is 1160. The average Bonchev–Trinajstić information content (AvgIpc) is 2.75. The van der Waals surface area contributed by atoms with E-state index in [1.165, 1.54) is 26.4 Å². The third-order valence-corrected chi connectivity index (χ3v) is 6.46. The van der Waals surface area contributed by atoms with Gasteiger partial charge < -0.3 is 18.9 Å².